The minimum Gasteiger partial charge on any atom is -0.389 e. The summed E-state index contributed by atoms with van der Waals surface area (Å²) in [6.45, 7) is 10.6. The van der Waals surface area contributed by atoms with E-state index in [9.17, 15) is 13.2 Å². The molecule has 0 aromatic heterocycles. The highest BCUT2D eigenvalue weighted by Gasteiger charge is 2.32. The van der Waals surface area contributed by atoms with Crippen molar-refractivity contribution in [2.45, 2.75) is 53.1 Å². The van der Waals surface area contributed by atoms with Gasteiger partial charge < -0.3 is 14.8 Å². The van der Waals surface area contributed by atoms with Crippen molar-refractivity contribution in [1.82, 2.24) is 4.90 Å². The zero-order valence-corrected chi connectivity index (χ0v) is 23.6. The Morgan fingerprint density at radius 2 is 1.84 bits per heavy atom. The molecular formula is C28H37Cl2F3N2O2. The predicted octanol–water partition coefficient (Wildman–Crippen LogP) is 7.60. The lowest BCUT2D eigenvalue weighted by atomic mass is 9.91. The van der Waals surface area contributed by atoms with Gasteiger partial charge in [0.15, 0.2) is 0 Å². The molecule has 2 unspecified atom stereocenters. The standard InChI is InChI=1S/C9H8ClF3.C9H19N.C8H6ClN.C2H4O2/c1-2-6-5-7(10)3-4-8(6)9(11,12)13;1-4-8(2)9-5-6-10(3)7-9;1-6-2-3-7(5-10)8(9)4-6;3-1-2-4/h3-5H,2H2,1H3;8-9H,4-7H2,1-3H3;2-4H,1H3;1,4H,2H2. The van der Waals surface area contributed by atoms with Crippen molar-refractivity contribution < 1.29 is 23.1 Å². The van der Waals surface area contributed by atoms with Crippen LogP contribution in [0.5, 0.6) is 0 Å². The highest BCUT2D eigenvalue weighted by Crippen LogP contribution is 2.33. The van der Waals surface area contributed by atoms with Crippen LogP contribution in [0.1, 0.15) is 55.9 Å². The van der Waals surface area contributed by atoms with Crippen LogP contribution in [-0.2, 0) is 17.4 Å². The van der Waals surface area contributed by atoms with Crippen LogP contribution in [0, 0.1) is 30.1 Å². The van der Waals surface area contributed by atoms with Gasteiger partial charge in [0, 0.05) is 11.6 Å². The number of nitriles is 1. The quantitative estimate of drug-likeness (QED) is 0.391. The van der Waals surface area contributed by atoms with Crippen LogP contribution in [0.15, 0.2) is 36.4 Å². The summed E-state index contributed by atoms with van der Waals surface area (Å²) in [5.41, 5.74) is 1.25. The van der Waals surface area contributed by atoms with Gasteiger partial charge in [-0.1, -0.05) is 56.5 Å². The van der Waals surface area contributed by atoms with Crippen LogP contribution in [0.3, 0.4) is 0 Å². The first kappa shape index (κ1) is 34.9. The summed E-state index contributed by atoms with van der Waals surface area (Å²) >= 11 is 11.3. The SMILES string of the molecule is CCC(C)C1CCN(C)C1.CCc1cc(Cl)ccc1C(F)(F)F.Cc1ccc(C#N)c(Cl)c1.O=CCO. The van der Waals surface area contributed by atoms with Crippen molar-refractivity contribution >= 4 is 29.5 Å². The van der Waals surface area contributed by atoms with Crippen LogP contribution in [0.4, 0.5) is 13.2 Å². The van der Waals surface area contributed by atoms with Gasteiger partial charge in [-0.05, 0) is 86.7 Å². The smallest absolute Gasteiger partial charge is 0.389 e. The van der Waals surface area contributed by atoms with Gasteiger partial charge in [0.05, 0.1) is 22.8 Å². The van der Waals surface area contributed by atoms with E-state index < -0.39 is 11.7 Å². The molecule has 2 atom stereocenters. The average molecular weight is 562 g/mol. The Morgan fingerprint density at radius 3 is 2.24 bits per heavy atom. The molecule has 0 spiro atoms. The average Bonchev–Trinajstić information content (AvgIpc) is 3.30. The second kappa shape index (κ2) is 18.2. The number of hydrogen-bond acceptors (Lipinski definition) is 4. The molecule has 206 valence electrons. The molecule has 0 amide bonds. The van der Waals surface area contributed by atoms with Crippen molar-refractivity contribution in [1.29, 1.82) is 5.26 Å². The first-order valence-corrected chi connectivity index (χ1v) is 12.8. The molecule has 0 radical (unpaired) electrons. The third-order valence-corrected chi connectivity index (χ3v) is 6.50. The minimum atomic E-state index is -4.28. The molecule has 4 nitrogen and oxygen atoms in total. The topological polar surface area (TPSA) is 64.3 Å². The summed E-state index contributed by atoms with van der Waals surface area (Å²) in [7, 11) is 2.22. The lowest BCUT2D eigenvalue weighted by molar-refractivity contribution is -0.138. The molecule has 1 N–H and O–H groups in total. The molecule has 1 fully saturated rings. The Balaban J connectivity index is 0.000000494. The van der Waals surface area contributed by atoms with E-state index in [-0.39, 0.29) is 12.2 Å². The van der Waals surface area contributed by atoms with E-state index in [0.29, 0.717) is 28.3 Å². The molecule has 1 aliphatic rings. The predicted molar refractivity (Wildman–Crippen MR) is 145 cm³/mol. The fourth-order valence-corrected chi connectivity index (χ4v) is 4.08. The highest BCUT2D eigenvalue weighted by molar-refractivity contribution is 6.31. The second-order valence-corrected chi connectivity index (χ2v) is 9.64. The molecule has 3 rings (SSSR count). The third kappa shape index (κ3) is 13.8. The molecule has 9 heteroatoms. The van der Waals surface area contributed by atoms with E-state index in [1.807, 2.05) is 19.1 Å². The maximum atomic E-state index is 12.3. The number of nitrogens with zero attached hydrogens (tertiary/aromatic N) is 2. The molecule has 2 aromatic rings. The molecule has 2 aromatic carbocycles. The summed E-state index contributed by atoms with van der Waals surface area (Å²) in [5.74, 6) is 1.92. The Labute approximate surface area is 229 Å². The lowest BCUT2D eigenvalue weighted by Gasteiger charge is -2.16. The lowest BCUT2D eigenvalue weighted by Crippen LogP contribution is -2.17. The number of aliphatic hydroxyl groups is 1. The van der Waals surface area contributed by atoms with Gasteiger partial charge in [-0.2, -0.15) is 18.4 Å². The number of alkyl halides is 3. The van der Waals surface area contributed by atoms with Gasteiger partial charge in [-0.15, -0.1) is 0 Å². The minimum absolute atomic E-state index is 0.236. The van der Waals surface area contributed by atoms with Crippen LogP contribution in [0.2, 0.25) is 10.0 Å². The molecule has 0 bridgehead atoms. The first-order chi connectivity index (χ1) is 17.3. The molecular weight excluding hydrogens is 524 g/mol. The van der Waals surface area contributed by atoms with E-state index in [4.69, 9.17) is 38.4 Å². The molecule has 0 saturated carbocycles. The number of halogens is 5. The Bertz CT molecular complexity index is 994. The summed E-state index contributed by atoms with van der Waals surface area (Å²) in [6, 6.07) is 11.0. The first-order valence-electron chi connectivity index (χ1n) is 12.1. The van der Waals surface area contributed by atoms with Gasteiger partial charge >= 0.3 is 6.18 Å². The van der Waals surface area contributed by atoms with Gasteiger partial charge in [-0.3, -0.25) is 0 Å². The highest BCUT2D eigenvalue weighted by atomic mass is 35.5. The number of hydrogen-bond donors (Lipinski definition) is 1. The molecule has 37 heavy (non-hydrogen) atoms. The zero-order chi connectivity index (χ0) is 28.6. The Morgan fingerprint density at radius 1 is 1.22 bits per heavy atom. The number of aryl methyl sites for hydroxylation is 2. The van der Waals surface area contributed by atoms with Crippen molar-refractivity contribution in [2.24, 2.45) is 11.8 Å². The van der Waals surface area contributed by atoms with Crippen LogP contribution in [-0.4, -0.2) is 43.0 Å². The number of carbonyl (C=O) groups excluding carboxylic acids is 1. The van der Waals surface area contributed by atoms with E-state index in [0.717, 1.165) is 23.5 Å². The summed E-state index contributed by atoms with van der Waals surface area (Å²) < 4.78 is 37.0. The maximum absolute atomic E-state index is 12.3. The molecule has 1 saturated heterocycles. The molecule has 0 aliphatic carbocycles. The number of rotatable bonds is 4. The monoisotopic (exact) mass is 560 g/mol. The van der Waals surface area contributed by atoms with E-state index in [2.05, 4.69) is 25.8 Å². The number of aliphatic hydroxyl groups excluding tert-OH is 1. The summed E-state index contributed by atoms with van der Waals surface area (Å²) in [4.78, 5) is 11.4. The van der Waals surface area contributed by atoms with Gasteiger partial charge in [-0.25, -0.2) is 0 Å². The summed E-state index contributed by atoms with van der Waals surface area (Å²) in [5, 5.41) is 16.8. The number of likely N-dealkylation sites (tertiary alicyclic amines) is 1. The van der Waals surface area contributed by atoms with Crippen molar-refractivity contribution in [2.75, 3.05) is 26.7 Å². The van der Waals surface area contributed by atoms with Crippen LogP contribution in [0.25, 0.3) is 0 Å². The van der Waals surface area contributed by atoms with Crippen LogP contribution >= 0.6 is 23.2 Å². The number of aldehydes is 1. The molecule has 1 aliphatic heterocycles. The van der Waals surface area contributed by atoms with Gasteiger partial charge in [0.25, 0.3) is 0 Å². The van der Waals surface area contributed by atoms with E-state index in [1.54, 1.807) is 19.1 Å². The van der Waals surface area contributed by atoms with E-state index in [1.165, 1.54) is 38.1 Å². The zero-order valence-electron chi connectivity index (χ0n) is 22.1. The summed E-state index contributed by atoms with van der Waals surface area (Å²) in [6.07, 6.45) is -0.755. The largest absolute Gasteiger partial charge is 0.416 e. The number of carbonyl (C=O) groups is 1. The Kier molecular flexibility index (Phi) is 17.2. The normalized spacial score (nSPS) is 15.6. The van der Waals surface area contributed by atoms with Crippen molar-refractivity contribution in [3.05, 3.63) is 68.7 Å². The maximum Gasteiger partial charge on any atom is 0.416 e. The van der Waals surface area contributed by atoms with Crippen molar-refractivity contribution in [3.8, 4) is 6.07 Å². The van der Waals surface area contributed by atoms with Gasteiger partial charge in [0.1, 0.15) is 12.4 Å². The molecule has 1 heterocycles. The Hall–Kier alpha value is -2.11. The van der Waals surface area contributed by atoms with Crippen molar-refractivity contribution in [3.63, 3.8) is 0 Å². The number of benzene rings is 2. The third-order valence-electron chi connectivity index (χ3n) is 5.95. The van der Waals surface area contributed by atoms with E-state index >= 15 is 0 Å². The fourth-order valence-electron chi connectivity index (χ4n) is 3.61. The van der Waals surface area contributed by atoms with Crippen LogP contribution < -0.4 is 0 Å². The fraction of sp³-hybridized carbons (Fsp3) is 0.500. The second-order valence-electron chi connectivity index (χ2n) is 8.79. The van der Waals surface area contributed by atoms with Gasteiger partial charge in [0.2, 0.25) is 0 Å².